The van der Waals surface area contributed by atoms with E-state index in [1.54, 1.807) is 30.5 Å². The van der Waals surface area contributed by atoms with Gasteiger partial charge in [0.25, 0.3) is 5.91 Å². The van der Waals surface area contributed by atoms with E-state index in [9.17, 15) is 13.2 Å². The van der Waals surface area contributed by atoms with Crippen molar-refractivity contribution in [3.05, 3.63) is 48.3 Å². The molecule has 0 bridgehead atoms. The van der Waals surface area contributed by atoms with Gasteiger partial charge in [-0.15, -0.1) is 0 Å². The van der Waals surface area contributed by atoms with Gasteiger partial charge in [0, 0.05) is 37.6 Å². The van der Waals surface area contributed by atoms with Crippen molar-refractivity contribution in [1.82, 2.24) is 14.6 Å². The largest absolute Gasteiger partial charge is 0.486 e. The number of pyridine rings is 1. The van der Waals surface area contributed by atoms with Crippen LogP contribution in [0.1, 0.15) is 23.2 Å². The minimum Gasteiger partial charge on any atom is -0.486 e. The number of carbonyl (C=O) groups excluding carboxylic acids is 1. The molecule has 2 aliphatic heterocycles. The SMILES string of the molecule is O=C(NC1CCN(S(=O)(=O)c2ccc3c(c2)OCCO3)CC1)c1cccnc1. The van der Waals surface area contributed by atoms with Gasteiger partial charge in [-0.2, -0.15) is 4.31 Å². The summed E-state index contributed by atoms with van der Waals surface area (Å²) in [5, 5.41) is 2.95. The molecule has 0 radical (unpaired) electrons. The number of fused-ring (bicyclic) bond motifs is 1. The summed E-state index contributed by atoms with van der Waals surface area (Å²) in [5.41, 5.74) is 0.494. The molecular formula is C19H21N3O5S. The van der Waals surface area contributed by atoms with Crippen molar-refractivity contribution >= 4 is 15.9 Å². The van der Waals surface area contributed by atoms with E-state index in [1.807, 2.05) is 0 Å². The monoisotopic (exact) mass is 403 g/mol. The second kappa shape index (κ2) is 7.76. The number of hydrogen-bond acceptors (Lipinski definition) is 6. The Labute approximate surface area is 163 Å². The predicted molar refractivity (Wildman–Crippen MR) is 101 cm³/mol. The molecule has 2 aromatic rings. The summed E-state index contributed by atoms with van der Waals surface area (Å²) < 4.78 is 38.3. The Morgan fingerprint density at radius 2 is 1.86 bits per heavy atom. The molecule has 1 saturated heterocycles. The van der Waals surface area contributed by atoms with Crippen LogP contribution in [0.3, 0.4) is 0 Å². The fourth-order valence-corrected chi connectivity index (χ4v) is 4.83. The third-order valence-electron chi connectivity index (χ3n) is 4.86. The number of aromatic nitrogens is 1. The maximum Gasteiger partial charge on any atom is 0.253 e. The highest BCUT2D eigenvalue weighted by Gasteiger charge is 2.31. The van der Waals surface area contributed by atoms with Gasteiger partial charge < -0.3 is 14.8 Å². The topological polar surface area (TPSA) is 97.8 Å². The number of amides is 1. The lowest BCUT2D eigenvalue weighted by Crippen LogP contribution is -2.46. The van der Waals surface area contributed by atoms with E-state index < -0.39 is 10.0 Å². The standard InChI is InChI=1S/C19H21N3O5S/c23-19(14-2-1-7-20-13-14)21-15-5-8-22(9-6-15)28(24,25)16-3-4-17-18(12-16)27-11-10-26-17/h1-4,7,12-13,15H,5-6,8-11H2,(H,21,23). The molecule has 28 heavy (non-hydrogen) atoms. The van der Waals surface area contributed by atoms with Crippen LogP contribution in [0.15, 0.2) is 47.6 Å². The van der Waals surface area contributed by atoms with Crippen molar-refractivity contribution in [2.75, 3.05) is 26.3 Å². The normalized spacial score (nSPS) is 17.9. The molecule has 148 valence electrons. The van der Waals surface area contributed by atoms with Gasteiger partial charge in [0.1, 0.15) is 13.2 Å². The van der Waals surface area contributed by atoms with E-state index in [0.29, 0.717) is 56.2 Å². The summed E-state index contributed by atoms with van der Waals surface area (Å²) in [5.74, 6) is 0.814. The van der Waals surface area contributed by atoms with Crippen LogP contribution in [0.4, 0.5) is 0 Å². The molecule has 2 aliphatic rings. The Morgan fingerprint density at radius 1 is 1.11 bits per heavy atom. The molecule has 9 heteroatoms. The third-order valence-corrected chi connectivity index (χ3v) is 6.76. The van der Waals surface area contributed by atoms with E-state index in [1.165, 1.54) is 16.6 Å². The van der Waals surface area contributed by atoms with E-state index in [4.69, 9.17) is 9.47 Å². The van der Waals surface area contributed by atoms with Crippen LogP contribution in [-0.4, -0.2) is 56.0 Å². The van der Waals surface area contributed by atoms with Crippen molar-refractivity contribution in [3.63, 3.8) is 0 Å². The van der Waals surface area contributed by atoms with Crippen molar-refractivity contribution in [3.8, 4) is 11.5 Å². The lowest BCUT2D eigenvalue weighted by atomic mass is 10.1. The number of rotatable bonds is 4. The zero-order valence-corrected chi connectivity index (χ0v) is 16.0. The highest BCUT2D eigenvalue weighted by molar-refractivity contribution is 7.89. The molecule has 4 rings (SSSR count). The first-order chi connectivity index (χ1) is 13.5. The summed E-state index contributed by atoms with van der Waals surface area (Å²) in [4.78, 5) is 16.4. The summed E-state index contributed by atoms with van der Waals surface area (Å²) in [6, 6.07) is 8.02. The smallest absolute Gasteiger partial charge is 0.253 e. The Kier molecular flexibility index (Phi) is 5.19. The van der Waals surface area contributed by atoms with Gasteiger partial charge in [-0.25, -0.2) is 8.42 Å². The molecular weight excluding hydrogens is 382 g/mol. The van der Waals surface area contributed by atoms with Crippen LogP contribution < -0.4 is 14.8 Å². The molecule has 8 nitrogen and oxygen atoms in total. The van der Waals surface area contributed by atoms with E-state index in [-0.39, 0.29) is 16.8 Å². The fraction of sp³-hybridized carbons (Fsp3) is 0.368. The minimum atomic E-state index is -3.62. The zero-order valence-electron chi connectivity index (χ0n) is 15.2. The number of piperidine rings is 1. The van der Waals surface area contributed by atoms with Crippen LogP contribution >= 0.6 is 0 Å². The molecule has 1 fully saturated rings. The van der Waals surface area contributed by atoms with E-state index in [2.05, 4.69) is 10.3 Å². The Morgan fingerprint density at radius 3 is 2.57 bits per heavy atom. The quantitative estimate of drug-likeness (QED) is 0.830. The summed E-state index contributed by atoms with van der Waals surface area (Å²) in [6.45, 7) is 1.54. The van der Waals surface area contributed by atoms with Gasteiger partial charge in [-0.05, 0) is 37.1 Å². The maximum absolute atomic E-state index is 13.0. The molecule has 1 aromatic carbocycles. The van der Waals surface area contributed by atoms with E-state index in [0.717, 1.165) is 0 Å². The summed E-state index contributed by atoms with van der Waals surface area (Å²) in [6.07, 6.45) is 4.22. The predicted octanol–water partition coefficient (Wildman–Crippen LogP) is 1.44. The van der Waals surface area contributed by atoms with Crippen LogP contribution in [0.25, 0.3) is 0 Å². The number of nitrogens with zero attached hydrogens (tertiary/aromatic N) is 2. The number of hydrogen-bond donors (Lipinski definition) is 1. The molecule has 1 aromatic heterocycles. The van der Waals surface area contributed by atoms with Crippen molar-refractivity contribution in [2.45, 2.75) is 23.8 Å². The molecule has 0 unspecified atom stereocenters. The maximum atomic E-state index is 13.0. The third kappa shape index (κ3) is 3.81. The van der Waals surface area contributed by atoms with Gasteiger partial charge >= 0.3 is 0 Å². The number of nitrogens with one attached hydrogen (secondary N) is 1. The van der Waals surface area contributed by atoms with Gasteiger partial charge in [-0.1, -0.05) is 0 Å². The Hall–Kier alpha value is -2.65. The Bertz CT molecular complexity index is 957. The van der Waals surface area contributed by atoms with Crippen molar-refractivity contribution in [1.29, 1.82) is 0 Å². The van der Waals surface area contributed by atoms with Crippen molar-refractivity contribution < 1.29 is 22.7 Å². The lowest BCUT2D eigenvalue weighted by molar-refractivity contribution is 0.0923. The first-order valence-corrected chi connectivity index (χ1v) is 10.6. The number of benzene rings is 1. The summed E-state index contributed by atoms with van der Waals surface area (Å²) >= 11 is 0. The highest BCUT2D eigenvalue weighted by atomic mass is 32.2. The second-order valence-corrected chi connectivity index (χ2v) is 8.64. The Balaban J connectivity index is 1.39. The average molecular weight is 403 g/mol. The molecule has 1 N–H and O–H groups in total. The first kappa shape index (κ1) is 18.7. The van der Waals surface area contributed by atoms with Crippen LogP contribution in [0.5, 0.6) is 11.5 Å². The molecule has 1 amide bonds. The van der Waals surface area contributed by atoms with Gasteiger partial charge in [0.15, 0.2) is 11.5 Å². The van der Waals surface area contributed by atoms with Gasteiger partial charge in [0.2, 0.25) is 10.0 Å². The first-order valence-electron chi connectivity index (χ1n) is 9.15. The zero-order chi connectivity index (χ0) is 19.6. The fourth-order valence-electron chi connectivity index (χ4n) is 3.34. The van der Waals surface area contributed by atoms with Gasteiger partial charge in [0.05, 0.1) is 10.5 Å². The van der Waals surface area contributed by atoms with Crippen LogP contribution in [0, 0.1) is 0 Å². The molecule has 0 spiro atoms. The number of ether oxygens (including phenoxy) is 2. The highest BCUT2D eigenvalue weighted by Crippen LogP contribution is 2.33. The summed E-state index contributed by atoms with van der Waals surface area (Å²) in [7, 11) is -3.62. The molecule has 0 atom stereocenters. The number of sulfonamides is 1. The second-order valence-electron chi connectivity index (χ2n) is 6.70. The van der Waals surface area contributed by atoms with Crippen molar-refractivity contribution in [2.24, 2.45) is 0 Å². The average Bonchev–Trinajstić information content (AvgIpc) is 2.74. The number of carbonyl (C=O) groups is 1. The van der Waals surface area contributed by atoms with Crippen LogP contribution in [-0.2, 0) is 10.0 Å². The minimum absolute atomic E-state index is 0.0700. The molecule has 0 saturated carbocycles. The van der Waals surface area contributed by atoms with E-state index >= 15 is 0 Å². The lowest BCUT2D eigenvalue weighted by Gasteiger charge is -2.31. The van der Waals surface area contributed by atoms with Gasteiger partial charge in [-0.3, -0.25) is 9.78 Å². The molecule has 0 aliphatic carbocycles. The van der Waals surface area contributed by atoms with Crippen LogP contribution in [0.2, 0.25) is 0 Å². The molecule has 3 heterocycles.